The Morgan fingerprint density at radius 3 is 2.21 bits per heavy atom. The number of carbonyl (C=O) groups is 2. The summed E-state index contributed by atoms with van der Waals surface area (Å²) < 4.78 is 0. The highest BCUT2D eigenvalue weighted by atomic mass is 16.2. The standard InChI is InChI=1S/C24H21N3O2/c28-23(18-8-2-1-3-9-18)25-20-15-13-19(14-16-20)24(29)27-26-22-12-6-10-17-7-4-5-11-21(17)22/h1-5,7-9,11,13-16H,6,10,12H2,(H,25,28)(H,27,29)/b26-22+. The SMILES string of the molecule is O=C(N/N=C1\CCCc2ccccc21)c1ccc(NC(=O)c2ccccc2)cc1. The molecule has 0 radical (unpaired) electrons. The third kappa shape index (κ3) is 4.41. The highest BCUT2D eigenvalue weighted by Gasteiger charge is 2.15. The Morgan fingerprint density at radius 2 is 1.41 bits per heavy atom. The maximum absolute atomic E-state index is 12.4. The van der Waals surface area contributed by atoms with Crippen molar-refractivity contribution in [2.45, 2.75) is 19.3 Å². The summed E-state index contributed by atoms with van der Waals surface area (Å²) >= 11 is 0. The number of hydrazone groups is 1. The Bertz CT molecular complexity index is 1060. The van der Waals surface area contributed by atoms with Gasteiger partial charge in [0.2, 0.25) is 0 Å². The van der Waals surface area contributed by atoms with Crippen molar-refractivity contribution >= 4 is 23.2 Å². The molecule has 0 bridgehead atoms. The van der Waals surface area contributed by atoms with Crippen LogP contribution in [0.25, 0.3) is 0 Å². The van der Waals surface area contributed by atoms with Gasteiger partial charge in [0, 0.05) is 22.4 Å². The minimum absolute atomic E-state index is 0.190. The minimum Gasteiger partial charge on any atom is -0.322 e. The quantitative estimate of drug-likeness (QED) is 0.655. The maximum atomic E-state index is 12.4. The summed E-state index contributed by atoms with van der Waals surface area (Å²) in [5.74, 6) is -0.466. The van der Waals surface area contributed by atoms with Crippen LogP contribution in [0.1, 0.15) is 44.7 Å². The first-order valence-corrected chi connectivity index (χ1v) is 9.62. The Kier molecular flexibility index (Phi) is 5.47. The Hall–Kier alpha value is -3.73. The molecule has 3 aromatic rings. The topological polar surface area (TPSA) is 70.6 Å². The van der Waals surface area contributed by atoms with Gasteiger partial charge in [-0.15, -0.1) is 0 Å². The van der Waals surface area contributed by atoms with E-state index in [0.29, 0.717) is 16.8 Å². The van der Waals surface area contributed by atoms with Crippen LogP contribution < -0.4 is 10.7 Å². The van der Waals surface area contributed by atoms with Crippen LogP contribution in [0.2, 0.25) is 0 Å². The zero-order chi connectivity index (χ0) is 20.1. The number of nitrogens with one attached hydrogen (secondary N) is 2. The molecule has 0 saturated carbocycles. The summed E-state index contributed by atoms with van der Waals surface area (Å²) in [6.45, 7) is 0. The average Bonchev–Trinajstić information content (AvgIpc) is 2.78. The number of nitrogens with zero attached hydrogens (tertiary/aromatic N) is 1. The number of hydrogen-bond donors (Lipinski definition) is 2. The molecular weight excluding hydrogens is 362 g/mol. The van der Waals surface area contributed by atoms with Crippen molar-refractivity contribution in [2.75, 3.05) is 5.32 Å². The molecule has 1 aliphatic rings. The molecular formula is C24H21N3O2. The minimum atomic E-state index is -0.276. The average molecular weight is 383 g/mol. The van der Waals surface area contributed by atoms with E-state index < -0.39 is 0 Å². The Labute approximate surface area is 169 Å². The number of hydrogen-bond acceptors (Lipinski definition) is 3. The maximum Gasteiger partial charge on any atom is 0.271 e. The molecule has 0 saturated heterocycles. The first-order chi connectivity index (χ1) is 14.2. The third-order valence-corrected chi connectivity index (χ3v) is 4.92. The lowest BCUT2D eigenvalue weighted by Crippen LogP contribution is -2.22. The van der Waals surface area contributed by atoms with Crippen LogP contribution in [0.4, 0.5) is 5.69 Å². The number of fused-ring (bicyclic) bond motifs is 1. The number of rotatable bonds is 4. The van der Waals surface area contributed by atoms with Crippen LogP contribution in [0.3, 0.4) is 0 Å². The Balaban J connectivity index is 1.41. The summed E-state index contributed by atoms with van der Waals surface area (Å²) in [6.07, 6.45) is 2.92. The van der Waals surface area contributed by atoms with Crippen LogP contribution >= 0.6 is 0 Å². The molecule has 0 heterocycles. The second-order valence-electron chi connectivity index (χ2n) is 6.91. The summed E-state index contributed by atoms with van der Waals surface area (Å²) in [5.41, 5.74) is 7.64. The van der Waals surface area contributed by atoms with Crippen molar-refractivity contribution in [3.8, 4) is 0 Å². The number of amides is 2. The second kappa shape index (κ2) is 8.52. The Morgan fingerprint density at radius 1 is 0.724 bits per heavy atom. The lowest BCUT2D eigenvalue weighted by atomic mass is 9.90. The van der Waals surface area contributed by atoms with Gasteiger partial charge >= 0.3 is 0 Å². The van der Waals surface area contributed by atoms with Gasteiger partial charge in [-0.05, 0) is 61.2 Å². The van der Waals surface area contributed by atoms with E-state index in [0.717, 1.165) is 30.5 Å². The first kappa shape index (κ1) is 18.6. The largest absolute Gasteiger partial charge is 0.322 e. The molecule has 5 nitrogen and oxygen atoms in total. The molecule has 0 atom stereocenters. The van der Waals surface area contributed by atoms with Gasteiger partial charge in [0.05, 0.1) is 5.71 Å². The smallest absolute Gasteiger partial charge is 0.271 e. The van der Waals surface area contributed by atoms with Crippen molar-refractivity contribution in [3.05, 3.63) is 101 Å². The van der Waals surface area contributed by atoms with Crippen LogP contribution in [0.5, 0.6) is 0 Å². The van der Waals surface area contributed by atoms with Crippen LogP contribution in [-0.4, -0.2) is 17.5 Å². The van der Waals surface area contributed by atoms with E-state index in [9.17, 15) is 9.59 Å². The molecule has 29 heavy (non-hydrogen) atoms. The van der Waals surface area contributed by atoms with Gasteiger partial charge < -0.3 is 5.32 Å². The monoisotopic (exact) mass is 383 g/mol. The van der Waals surface area contributed by atoms with Gasteiger partial charge in [0.1, 0.15) is 0 Å². The molecule has 0 unspecified atom stereocenters. The van der Waals surface area contributed by atoms with Crippen molar-refractivity contribution in [1.82, 2.24) is 5.43 Å². The summed E-state index contributed by atoms with van der Waals surface area (Å²) in [4.78, 5) is 24.7. The van der Waals surface area contributed by atoms with E-state index in [1.165, 1.54) is 5.56 Å². The summed E-state index contributed by atoms with van der Waals surface area (Å²) in [5, 5.41) is 7.18. The van der Waals surface area contributed by atoms with Gasteiger partial charge in [-0.1, -0.05) is 42.5 Å². The van der Waals surface area contributed by atoms with Crippen LogP contribution in [0, 0.1) is 0 Å². The molecule has 2 N–H and O–H groups in total. The first-order valence-electron chi connectivity index (χ1n) is 9.62. The lowest BCUT2D eigenvalue weighted by molar-refractivity contribution is 0.0954. The fourth-order valence-electron chi connectivity index (χ4n) is 3.40. The van der Waals surface area contributed by atoms with Gasteiger partial charge in [-0.2, -0.15) is 5.10 Å². The fourth-order valence-corrected chi connectivity index (χ4v) is 3.40. The van der Waals surface area contributed by atoms with Crippen molar-refractivity contribution < 1.29 is 9.59 Å². The molecule has 5 heteroatoms. The predicted octanol–water partition coefficient (Wildman–Crippen LogP) is 4.41. The zero-order valence-corrected chi connectivity index (χ0v) is 15.9. The van der Waals surface area contributed by atoms with E-state index in [2.05, 4.69) is 21.9 Å². The van der Waals surface area contributed by atoms with Gasteiger partial charge in [0.15, 0.2) is 0 Å². The van der Waals surface area contributed by atoms with Crippen molar-refractivity contribution in [2.24, 2.45) is 5.10 Å². The van der Waals surface area contributed by atoms with E-state index >= 15 is 0 Å². The van der Waals surface area contributed by atoms with Gasteiger partial charge in [-0.3, -0.25) is 9.59 Å². The summed E-state index contributed by atoms with van der Waals surface area (Å²) in [7, 11) is 0. The van der Waals surface area contributed by atoms with Gasteiger partial charge in [-0.25, -0.2) is 5.43 Å². The predicted molar refractivity (Wildman–Crippen MR) is 114 cm³/mol. The second-order valence-corrected chi connectivity index (χ2v) is 6.91. The van der Waals surface area contributed by atoms with Crippen LogP contribution in [0.15, 0.2) is 84.0 Å². The third-order valence-electron chi connectivity index (χ3n) is 4.92. The summed E-state index contributed by atoms with van der Waals surface area (Å²) in [6, 6.07) is 23.9. The molecule has 3 aromatic carbocycles. The zero-order valence-electron chi connectivity index (χ0n) is 15.9. The van der Waals surface area contributed by atoms with E-state index in [1.807, 2.05) is 36.4 Å². The molecule has 0 fully saturated rings. The molecule has 0 aliphatic heterocycles. The number of aryl methyl sites for hydroxylation is 1. The molecule has 0 spiro atoms. The molecule has 4 rings (SSSR count). The van der Waals surface area contributed by atoms with E-state index in [-0.39, 0.29) is 11.8 Å². The normalized spacial score (nSPS) is 14.1. The highest BCUT2D eigenvalue weighted by Crippen LogP contribution is 2.21. The molecule has 1 aliphatic carbocycles. The number of carbonyl (C=O) groups excluding carboxylic acids is 2. The van der Waals surface area contributed by atoms with E-state index in [4.69, 9.17) is 0 Å². The number of anilines is 1. The van der Waals surface area contributed by atoms with Crippen molar-refractivity contribution in [1.29, 1.82) is 0 Å². The van der Waals surface area contributed by atoms with Gasteiger partial charge in [0.25, 0.3) is 11.8 Å². The molecule has 0 aromatic heterocycles. The van der Waals surface area contributed by atoms with Crippen molar-refractivity contribution in [3.63, 3.8) is 0 Å². The molecule has 144 valence electrons. The van der Waals surface area contributed by atoms with Crippen LogP contribution in [-0.2, 0) is 6.42 Å². The lowest BCUT2D eigenvalue weighted by Gasteiger charge is -2.17. The number of benzene rings is 3. The highest BCUT2D eigenvalue weighted by molar-refractivity contribution is 6.05. The molecule has 2 amide bonds. The fraction of sp³-hybridized carbons (Fsp3) is 0.125. The van der Waals surface area contributed by atoms with E-state index in [1.54, 1.807) is 36.4 Å².